The maximum atomic E-state index is 12.4. The van der Waals surface area contributed by atoms with Crippen LogP contribution in [0, 0.1) is 5.92 Å². The summed E-state index contributed by atoms with van der Waals surface area (Å²) in [5.41, 5.74) is 2.80. The predicted octanol–water partition coefficient (Wildman–Crippen LogP) is 3.73. The van der Waals surface area contributed by atoms with E-state index in [-0.39, 0.29) is 23.3 Å². The van der Waals surface area contributed by atoms with Gasteiger partial charge >= 0.3 is 0 Å². The average Bonchev–Trinajstić information content (AvgIpc) is 2.87. The number of aliphatic hydroxyl groups excluding tert-OH is 1. The van der Waals surface area contributed by atoms with Crippen LogP contribution in [0.4, 0.5) is 0 Å². The van der Waals surface area contributed by atoms with Gasteiger partial charge in [0.15, 0.2) is 0 Å². The normalized spacial score (nSPS) is 16.1. The number of aliphatic hydroxyl groups is 1. The van der Waals surface area contributed by atoms with E-state index < -0.39 is 6.10 Å². The van der Waals surface area contributed by atoms with Gasteiger partial charge in [-0.25, -0.2) is 0 Å². The van der Waals surface area contributed by atoms with Crippen molar-refractivity contribution in [1.82, 2.24) is 15.6 Å². The number of benzene rings is 2. The SMILES string of the molecule is C[C@H](Cc1cccc(CC(=O)NCC2CCCCC2)c1)NC[C@@H](O)c1ccc(O)c2[nH]c(=O)ccc12. The second kappa shape index (κ2) is 12.2. The number of aromatic nitrogens is 1. The van der Waals surface area contributed by atoms with Gasteiger partial charge in [-0.05, 0) is 60.9 Å². The fourth-order valence-electron chi connectivity index (χ4n) is 5.16. The highest BCUT2D eigenvalue weighted by atomic mass is 16.3. The van der Waals surface area contributed by atoms with E-state index in [9.17, 15) is 19.8 Å². The lowest BCUT2D eigenvalue weighted by Gasteiger charge is -2.21. The smallest absolute Gasteiger partial charge is 0.248 e. The van der Waals surface area contributed by atoms with Crippen LogP contribution >= 0.6 is 0 Å². The summed E-state index contributed by atoms with van der Waals surface area (Å²) in [4.78, 5) is 26.7. The molecule has 1 aromatic heterocycles. The third-order valence-electron chi connectivity index (χ3n) is 7.14. The Morgan fingerprint density at radius 3 is 2.67 bits per heavy atom. The molecule has 2 aromatic carbocycles. The number of rotatable bonds is 10. The van der Waals surface area contributed by atoms with Crippen molar-refractivity contribution in [2.75, 3.05) is 13.1 Å². The molecule has 1 amide bonds. The second-order valence-corrected chi connectivity index (χ2v) is 10.1. The number of hydrogen-bond donors (Lipinski definition) is 5. The van der Waals surface area contributed by atoms with Crippen molar-refractivity contribution in [3.63, 3.8) is 0 Å². The standard InChI is InChI=1S/C29H37N3O4/c1-19(30-18-26(34)23-10-12-25(33)29-24(23)11-13-27(35)32-29)14-21-8-5-9-22(15-21)16-28(36)31-17-20-6-3-2-4-7-20/h5,8-13,15,19-20,26,30,33-34H,2-4,6-7,14,16-18H2,1H3,(H,31,36)(H,32,35)/t19-,26-/m1/s1. The lowest BCUT2D eigenvalue weighted by Crippen LogP contribution is -2.32. The van der Waals surface area contributed by atoms with Gasteiger partial charge in [0.05, 0.1) is 18.0 Å². The topological polar surface area (TPSA) is 114 Å². The van der Waals surface area contributed by atoms with E-state index in [1.807, 2.05) is 12.1 Å². The van der Waals surface area contributed by atoms with Gasteiger partial charge < -0.3 is 25.8 Å². The quantitative estimate of drug-likeness (QED) is 0.297. The molecule has 0 aliphatic heterocycles. The number of H-pyrrole nitrogens is 1. The molecule has 1 aliphatic rings. The predicted molar refractivity (Wildman–Crippen MR) is 142 cm³/mol. The summed E-state index contributed by atoms with van der Waals surface area (Å²) >= 11 is 0. The van der Waals surface area contributed by atoms with E-state index in [0.717, 1.165) is 24.1 Å². The average molecular weight is 492 g/mol. The van der Waals surface area contributed by atoms with Crippen LogP contribution in [0.1, 0.15) is 61.8 Å². The fourth-order valence-corrected chi connectivity index (χ4v) is 5.16. The number of fused-ring (bicyclic) bond motifs is 1. The molecule has 1 fully saturated rings. The van der Waals surface area contributed by atoms with Gasteiger partial charge in [-0.1, -0.05) is 49.6 Å². The Morgan fingerprint density at radius 1 is 1.08 bits per heavy atom. The Balaban J connectivity index is 1.28. The summed E-state index contributed by atoms with van der Waals surface area (Å²) in [7, 11) is 0. The molecule has 7 nitrogen and oxygen atoms in total. The molecule has 1 aliphatic carbocycles. The molecular formula is C29H37N3O4. The van der Waals surface area contributed by atoms with Crippen molar-refractivity contribution >= 4 is 16.8 Å². The van der Waals surface area contributed by atoms with Gasteiger partial charge in [-0.3, -0.25) is 9.59 Å². The molecule has 192 valence electrons. The number of hydrogen-bond acceptors (Lipinski definition) is 5. The lowest BCUT2D eigenvalue weighted by atomic mass is 9.89. The zero-order valence-corrected chi connectivity index (χ0v) is 20.9. The fraction of sp³-hybridized carbons (Fsp3) is 0.448. The molecule has 0 radical (unpaired) electrons. The third kappa shape index (κ3) is 6.95. The number of carbonyl (C=O) groups excluding carboxylic acids is 1. The maximum absolute atomic E-state index is 12.4. The molecule has 5 N–H and O–H groups in total. The first-order chi connectivity index (χ1) is 17.4. The van der Waals surface area contributed by atoms with Crippen LogP contribution in [0.3, 0.4) is 0 Å². The largest absolute Gasteiger partial charge is 0.506 e. The highest BCUT2D eigenvalue weighted by Gasteiger charge is 2.16. The Bertz CT molecular complexity index is 1230. The minimum atomic E-state index is -0.805. The molecule has 3 aromatic rings. The molecule has 1 heterocycles. The van der Waals surface area contributed by atoms with Crippen LogP contribution in [0.25, 0.3) is 10.9 Å². The number of phenolic OH excluding ortho intramolecular Hbond substituents is 1. The molecule has 4 rings (SSSR count). The summed E-state index contributed by atoms with van der Waals surface area (Å²) in [6, 6.07) is 14.4. The highest BCUT2D eigenvalue weighted by Crippen LogP contribution is 2.28. The van der Waals surface area contributed by atoms with Crippen LogP contribution in [-0.4, -0.2) is 40.2 Å². The van der Waals surface area contributed by atoms with E-state index >= 15 is 0 Å². The Labute approximate surface area is 212 Å². The monoisotopic (exact) mass is 491 g/mol. The van der Waals surface area contributed by atoms with Crippen LogP contribution in [0.15, 0.2) is 53.3 Å². The van der Waals surface area contributed by atoms with Gasteiger partial charge in [0.25, 0.3) is 0 Å². The number of aromatic hydroxyl groups is 1. The molecule has 2 atom stereocenters. The van der Waals surface area contributed by atoms with Crippen molar-refractivity contribution in [3.8, 4) is 5.75 Å². The molecule has 1 saturated carbocycles. The van der Waals surface area contributed by atoms with E-state index in [4.69, 9.17) is 0 Å². The van der Waals surface area contributed by atoms with Gasteiger partial charge in [0.2, 0.25) is 11.5 Å². The summed E-state index contributed by atoms with van der Waals surface area (Å²) in [6.45, 7) is 3.17. The summed E-state index contributed by atoms with van der Waals surface area (Å²) in [5.74, 6) is 0.676. The number of aromatic amines is 1. The Morgan fingerprint density at radius 2 is 1.86 bits per heavy atom. The highest BCUT2D eigenvalue weighted by molar-refractivity contribution is 5.87. The van der Waals surface area contributed by atoms with E-state index in [1.165, 1.54) is 44.2 Å². The number of phenols is 1. The number of pyridine rings is 1. The van der Waals surface area contributed by atoms with Crippen LogP contribution in [0.2, 0.25) is 0 Å². The molecule has 36 heavy (non-hydrogen) atoms. The van der Waals surface area contributed by atoms with Gasteiger partial charge in [0, 0.05) is 30.6 Å². The Hall–Kier alpha value is -3.16. The van der Waals surface area contributed by atoms with E-state index in [0.29, 0.717) is 35.3 Å². The van der Waals surface area contributed by atoms with Crippen molar-refractivity contribution in [3.05, 3.63) is 75.6 Å². The first-order valence-electron chi connectivity index (χ1n) is 13.0. The van der Waals surface area contributed by atoms with Crippen LogP contribution in [-0.2, 0) is 17.6 Å². The molecule has 0 bridgehead atoms. The van der Waals surface area contributed by atoms with Gasteiger partial charge in [0.1, 0.15) is 5.75 Å². The summed E-state index contributed by atoms with van der Waals surface area (Å²) in [5, 5.41) is 28.0. The zero-order chi connectivity index (χ0) is 25.5. The van der Waals surface area contributed by atoms with Crippen molar-refractivity contribution in [2.45, 2.75) is 64.0 Å². The first-order valence-corrected chi connectivity index (χ1v) is 13.0. The third-order valence-corrected chi connectivity index (χ3v) is 7.14. The molecule has 0 unspecified atom stereocenters. The number of nitrogens with one attached hydrogen (secondary N) is 3. The molecule has 0 spiro atoms. The van der Waals surface area contributed by atoms with E-state index in [1.54, 1.807) is 12.1 Å². The number of carbonyl (C=O) groups is 1. The van der Waals surface area contributed by atoms with Gasteiger partial charge in [-0.15, -0.1) is 0 Å². The maximum Gasteiger partial charge on any atom is 0.248 e. The molecular weight excluding hydrogens is 454 g/mol. The zero-order valence-electron chi connectivity index (χ0n) is 20.9. The van der Waals surface area contributed by atoms with Crippen LogP contribution in [0.5, 0.6) is 5.75 Å². The summed E-state index contributed by atoms with van der Waals surface area (Å²) < 4.78 is 0. The molecule has 0 saturated heterocycles. The lowest BCUT2D eigenvalue weighted by molar-refractivity contribution is -0.120. The van der Waals surface area contributed by atoms with Crippen molar-refractivity contribution < 1.29 is 15.0 Å². The summed E-state index contributed by atoms with van der Waals surface area (Å²) in [6.07, 6.45) is 6.65. The van der Waals surface area contributed by atoms with Gasteiger partial charge in [-0.2, -0.15) is 0 Å². The van der Waals surface area contributed by atoms with Crippen molar-refractivity contribution in [1.29, 1.82) is 0 Å². The minimum Gasteiger partial charge on any atom is -0.506 e. The van der Waals surface area contributed by atoms with E-state index in [2.05, 4.69) is 34.7 Å². The number of amides is 1. The Kier molecular flexibility index (Phi) is 8.78. The van der Waals surface area contributed by atoms with Crippen LogP contribution < -0.4 is 16.2 Å². The minimum absolute atomic E-state index is 0.0254. The molecule has 7 heteroatoms. The second-order valence-electron chi connectivity index (χ2n) is 10.1. The van der Waals surface area contributed by atoms with Crippen molar-refractivity contribution in [2.24, 2.45) is 5.92 Å². The first kappa shape index (κ1) is 25.9.